The van der Waals surface area contributed by atoms with Crippen LogP contribution in [0.3, 0.4) is 0 Å². The Morgan fingerprint density at radius 3 is 1.81 bits per heavy atom. The Labute approximate surface area is 96.1 Å². The Bertz CT molecular complexity index is 287. The molecule has 0 fully saturated rings. The Morgan fingerprint density at radius 1 is 1.25 bits per heavy atom. The van der Waals surface area contributed by atoms with E-state index in [1.54, 1.807) is 0 Å². The molecule has 0 atom stereocenters. The molecule has 0 aliphatic carbocycles. The molecule has 0 unspecified atom stereocenters. The van der Waals surface area contributed by atoms with Crippen LogP contribution in [-0.4, -0.2) is 18.1 Å². The highest BCUT2D eigenvalue weighted by molar-refractivity contribution is 6.12. The minimum atomic E-state index is -0.329. The highest BCUT2D eigenvalue weighted by Crippen LogP contribution is 2.21. The highest BCUT2D eigenvalue weighted by atomic mass is 16.2. The van der Waals surface area contributed by atoms with E-state index in [1.165, 1.54) is 12.2 Å². The summed E-state index contributed by atoms with van der Waals surface area (Å²) in [6, 6.07) is 0. The van der Waals surface area contributed by atoms with Gasteiger partial charge in [0.15, 0.2) is 0 Å². The average molecular weight is 225 g/mol. The quantitative estimate of drug-likeness (QED) is 0.584. The van der Waals surface area contributed by atoms with E-state index in [0.717, 1.165) is 12.7 Å². The molecule has 0 bridgehead atoms. The van der Waals surface area contributed by atoms with Gasteiger partial charge in [0.1, 0.15) is 6.29 Å². The van der Waals surface area contributed by atoms with Gasteiger partial charge in [-0.05, 0) is 12.3 Å². The van der Waals surface area contributed by atoms with Crippen molar-refractivity contribution >= 4 is 18.1 Å². The molecule has 0 saturated heterocycles. The number of carbonyl (C=O) groups is 3. The largest absolute Gasteiger partial charge is 0.303 e. The second-order valence-electron chi connectivity index (χ2n) is 4.89. The van der Waals surface area contributed by atoms with Crippen molar-refractivity contribution in [2.75, 3.05) is 0 Å². The summed E-state index contributed by atoms with van der Waals surface area (Å²) in [6.45, 7) is 8.20. The Balaban J connectivity index is 0.000000288. The lowest BCUT2D eigenvalue weighted by Crippen LogP contribution is -2.19. The molecule has 0 spiro atoms. The van der Waals surface area contributed by atoms with Crippen molar-refractivity contribution in [2.24, 2.45) is 11.3 Å². The van der Waals surface area contributed by atoms with Gasteiger partial charge in [-0.25, -0.2) is 0 Å². The second-order valence-corrected chi connectivity index (χ2v) is 4.89. The molecule has 2 amide bonds. The Morgan fingerprint density at radius 2 is 1.69 bits per heavy atom. The van der Waals surface area contributed by atoms with Gasteiger partial charge in [0.05, 0.1) is 0 Å². The van der Waals surface area contributed by atoms with Crippen LogP contribution in [0.2, 0.25) is 0 Å². The Hall–Kier alpha value is -1.45. The summed E-state index contributed by atoms with van der Waals surface area (Å²) in [5.41, 5.74) is -0.117. The summed E-state index contributed by atoms with van der Waals surface area (Å²) >= 11 is 0. The predicted octanol–water partition coefficient (Wildman–Crippen LogP) is 1.46. The fourth-order valence-electron chi connectivity index (χ4n) is 1.46. The molecule has 0 radical (unpaired) electrons. The van der Waals surface area contributed by atoms with Crippen LogP contribution in [0.5, 0.6) is 0 Å². The van der Waals surface area contributed by atoms with Gasteiger partial charge in [-0.3, -0.25) is 14.9 Å². The van der Waals surface area contributed by atoms with Gasteiger partial charge in [-0.15, -0.1) is 0 Å². The van der Waals surface area contributed by atoms with Gasteiger partial charge in [-0.2, -0.15) is 0 Å². The summed E-state index contributed by atoms with van der Waals surface area (Å²) in [6.07, 6.45) is 4.41. The number of rotatable bonds is 3. The van der Waals surface area contributed by atoms with Gasteiger partial charge in [0, 0.05) is 17.6 Å². The van der Waals surface area contributed by atoms with E-state index >= 15 is 0 Å². The van der Waals surface area contributed by atoms with Crippen LogP contribution in [0.25, 0.3) is 0 Å². The van der Waals surface area contributed by atoms with Crippen molar-refractivity contribution in [3.8, 4) is 0 Å². The molecule has 90 valence electrons. The Kier molecular flexibility index (Phi) is 5.64. The zero-order valence-electron chi connectivity index (χ0n) is 10.2. The van der Waals surface area contributed by atoms with Crippen LogP contribution in [0.4, 0.5) is 0 Å². The topological polar surface area (TPSA) is 63.2 Å². The molecule has 1 aliphatic rings. The summed E-state index contributed by atoms with van der Waals surface area (Å²) in [7, 11) is 0. The molecule has 0 saturated carbocycles. The molecule has 16 heavy (non-hydrogen) atoms. The van der Waals surface area contributed by atoms with E-state index in [9.17, 15) is 14.4 Å². The molecular weight excluding hydrogens is 206 g/mol. The van der Waals surface area contributed by atoms with E-state index in [-0.39, 0.29) is 17.2 Å². The van der Waals surface area contributed by atoms with E-state index in [2.05, 4.69) is 13.8 Å². The molecule has 4 heteroatoms. The number of carbonyl (C=O) groups excluding carboxylic acids is 3. The van der Waals surface area contributed by atoms with Gasteiger partial charge >= 0.3 is 0 Å². The van der Waals surface area contributed by atoms with Crippen molar-refractivity contribution in [3.05, 3.63) is 12.2 Å². The number of hydrogen-bond acceptors (Lipinski definition) is 3. The van der Waals surface area contributed by atoms with Gasteiger partial charge in [0.25, 0.3) is 11.8 Å². The number of hydrogen-bond donors (Lipinski definition) is 1. The first kappa shape index (κ1) is 14.6. The van der Waals surface area contributed by atoms with Gasteiger partial charge < -0.3 is 4.79 Å². The second kappa shape index (κ2) is 6.20. The smallest absolute Gasteiger partial charge is 0.250 e. The molecule has 4 nitrogen and oxygen atoms in total. The van der Waals surface area contributed by atoms with Crippen LogP contribution in [0, 0.1) is 11.3 Å². The third-order valence-corrected chi connectivity index (χ3v) is 1.89. The maximum absolute atomic E-state index is 10.4. The number of nitrogens with one attached hydrogen (secondary N) is 1. The third-order valence-electron chi connectivity index (χ3n) is 1.89. The minimum absolute atomic E-state index is 0.117. The first-order valence-electron chi connectivity index (χ1n) is 5.26. The number of aldehydes is 1. The number of amides is 2. The zero-order chi connectivity index (χ0) is 12.8. The molecule has 1 N–H and O–H groups in total. The number of imide groups is 1. The van der Waals surface area contributed by atoms with Crippen LogP contribution >= 0.6 is 0 Å². The van der Waals surface area contributed by atoms with Crippen molar-refractivity contribution in [3.63, 3.8) is 0 Å². The maximum Gasteiger partial charge on any atom is 0.250 e. The lowest BCUT2D eigenvalue weighted by molar-refractivity contribution is -0.123. The fourth-order valence-corrected chi connectivity index (χ4v) is 1.46. The van der Waals surface area contributed by atoms with Crippen molar-refractivity contribution in [2.45, 2.75) is 34.1 Å². The van der Waals surface area contributed by atoms with Crippen molar-refractivity contribution in [1.82, 2.24) is 5.32 Å². The maximum atomic E-state index is 10.4. The summed E-state index contributed by atoms with van der Waals surface area (Å²) in [4.78, 5) is 30.4. The molecule has 1 aliphatic heterocycles. The van der Waals surface area contributed by atoms with Crippen molar-refractivity contribution < 1.29 is 14.4 Å². The predicted molar refractivity (Wildman–Crippen MR) is 61.6 cm³/mol. The van der Waals surface area contributed by atoms with E-state index < -0.39 is 0 Å². The van der Waals surface area contributed by atoms with E-state index in [0.29, 0.717) is 5.92 Å². The molecule has 1 rings (SSSR count). The molecule has 0 aromatic rings. The first-order chi connectivity index (χ1) is 7.26. The third kappa shape index (κ3) is 6.92. The average Bonchev–Trinajstić information content (AvgIpc) is 2.49. The van der Waals surface area contributed by atoms with Crippen LogP contribution in [0.15, 0.2) is 12.2 Å². The molecule has 0 aromatic carbocycles. The normalized spacial score (nSPS) is 14.6. The molecule has 1 heterocycles. The lowest BCUT2D eigenvalue weighted by Gasteiger charge is -2.18. The monoisotopic (exact) mass is 225 g/mol. The standard InChI is InChI=1S/C8H16O.C4H3NO2/c1-7(2)5-8(3,4)6-9;6-3-1-2-4(7)5-3/h6-7H,5H2,1-4H3;1-2H,(H,5,6,7). The summed E-state index contributed by atoms with van der Waals surface area (Å²) < 4.78 is 0. The van der Waals surface area contributed by atoms with Crippen LogP contribution in [-0.2, 0) is 14.4 Å². The SMILES string of the molecule is CC(C)CC(C)(C)C=O.O=C1C=CC(=O)N1. The molecular formula is C12H19NO3. The van der Waals surface area contributed by atoms with Gasteiger partial charge in [0.2, 0.25) is 0 Å². The highest BCUT2D eigenvalue weighted by Gasteiger charge is 2.17. The fraction of sp³-hybridized carbons (Fsp3) is 0.583. The van der Waals surface area contributed by atoms with Gasteiger partial charge in [-0.1, -0.05) is 27.7 Å². The minimum Gasteiger partial charge on any atom is -0.303 e. The lowest BCUT2D eigenvalue weighted by atomic mass is 9.86. The van der Waals surface area contributed by atoms with E-state index in [1.807, 2.05) is 19.2 Å². The van der Waals surface area contributed by atoms with Crippen LogP contribution in [0.1, 0.15) is 34.1 Å². The van der Waals surface area contributed by atoms with Crippen molar-refractivity contribution in [1.29, 1.82) is 0 Å². The summed E-state index contributed by atoms with van der Waals surface area (Å²) in [5, 5.41) is 2.03. The first-order valence-corrected chi connectivity index (χ1v) is 5.26. The zero-order valence-corrected chi connectivity index (χ0v) is 10.2. The van der Waals surface area contributed by atoms with Crippen LogP contribution < -0.4 is 5.32 Å². The van der Waals surface area contributed by atoms with E-state index in [4.69, 9.17) is 0 Å². The molecule has 0 aromatic heterocycles. The summed E-state index contributed by atoms with van der Waals surface area (Å²) in [5.74, 6) is -0.0415.